The van der Waals surface area contributed by atoms with Crippen molar-refractivity contribution < 1.29 is 38.3 Å². The number of ether oxygens (including phenoxy) is 3. The third-order valence-electron chi connectivity index (χ3n) is 14.3. The minimum absolute atomic E-state index is 0.0346. The van der Waals surface area contributed by atoms with E-state index in [1.807, 2.05) is 59.7 Å². The van der Waals surface area contributed by atoms with Crippen LogP contribution in [0.1, 0.15) is 145 Å². The number of fused-ring (bicyclic) bond motifs is 1. The summed E-state index contributed by atoms with van der Waals surface area (Å²) in [4.78, 5) is 48.1. The number of pyridine rings is 1. The van der Waals surface area contributed by atoms with Gasteiger partial charge in [-0.2, -0.15) is 0 Å². The molecule has 4 atom stereocenters. The molecule has 12 heteroatoms. The zero-order valence-corrected chi connectivity index (χ0v) is 37.9. The minimum Gasteiger partial charge on any atom is -0.478 e. The Bertz CT molecular complexity index is 2060. The minimum atomic E-state index is -0.949. The van der Waals surface area contributed by atoms with Crippen LogP contribution in [0.25, 0.3) is 5.57 Å². The van der Waals surface area contributed by atoms with Gasteiger partial charge in [-0.1, -0.05) is 26.0 Å². The maximum Gasteiger partial charge on any atom is 0.410 e. The SMILES string of the molecule is CC1=C(c2ccc(N3CCc4cccc(C(=O)O)c4C3)nc2C(=O)OC(C)(C)C)C(C)[N+](C)(C23CC4(C)CC(C)(CC(OCCN(C)C(=O)OC(C)(C)C)(C4)C2)C3)N1C. The number of anilines is 1. The number of carboxylic acid groups (broad SMARTS) is 1. The number of carbonyl (C=O) groups is 3. The summed E-state index contributed by atoms with van der Waals surface area (Å²) < 4.78 is 19.4. The number of nitrogens with zero attached hydrogens (tertiary/aromatic N) is 5. The van der Waals surface area contributed by atoms with Crippen LogP contribution in [0, 0.1) is 10.8 Å². The molecule has 2 aromatic rings. The van der Waals surface area contributed by atoms with Crippen LogP contribution in [0.4, 0.5) is 10.6 Å². The van der Waals surface area contributed by atoms with E-state index in [2.05, 4.69) is 51.7 Å². The number of benzene rings is 1. The molecule has 8 rings (SSSR count). The van der Waals surface area contributed by atoms with Crippen molar-refractivity contribution in [3.63, 3.8) is 0 Å². The molecule has 6 aliphatic rings. The molecule has 1 aromatic carbocycles. The van der Waals surface area contributed by atoms with E-state index in [0.29, 0.717) is 48.6 Å². The number of hydrogen-bond donors (Lipinski definition) is 1. The maximum atomic E-state index is 14.3. The number of quaternary nitrogens is 1. The fourth-order valence-corrected chi connectivity index (χ4v) is 12.7. The summed E-state index contributed by atoms with van der Waals surface area (Å²) in [7, 11) is 6.36. The van der Waals surface area contributed by atoms with Gasteiger partial charge in [-0.05, 0) is 121 Å². The molecule has 2 aliphatic heterocycles. The largest absolute Gasteiger partial charge is 0.478 e. The van der Waals surface area contributed by atoms with Crippen LogP contribution in [0.15, 0.2) is 36.0 Å². The molecule has 59 heavy (non-hydrogen) atoms. The topological polar surface area (TPSA) is 122 Å². The van der Waals surface area contributed by atoms with Gasteiger partial charge in [0.25, 0.3) is 0 Å². The molecule has 4 saturated carbocycles. The van der Waals surface area contributed by atoms with Crippen molar-refractivity contribution in [2.75, 3.05) is 45.7 Å². The van der Waals surface area contributed by atoms with Gasteiger partial charge in [0.1, 0.15) is 28.6 Å². The quantitative estimate of drug-likeness (QED) is 0.195. The molecular weight excluding hydrogens is 747 g/mol. The van der Waals surface area contributed by atoms with Gasteiger partial charge >= 0.3 is 18.0 Å². The summed E-state index contributed by atoms with van der Waals surface area (Å²) in [6.45, 7) is 22.6. The number of rotatable bonds is 9. The van der Waals surface area contributed by atoms with Crippen LogP contribution in [0.3, 0.4) is 0 Å². The molecule has 4 aliphatic carbocycles. The van der Waals surface area contributed by atoms with E-state index in [1.54, 1.807) is 24.1 Å². The normalized spacial score (nSPS) is 31.4. The zero-order chi connectivity index (χ0) is 43.3. The first-order chi connectivity index (χ1) is 27.2. The number of aromatic nitrogens is 1. The van der Waals surface area contributed by atoms with Gasteiger partial charge in [-0.3, -0.25) is 0 Å². The van der Waals surface area contributed by atoms with Gasteiger partial charge in [0, 0.05) is 57.1 Å². The highest BCUT2D eigenvalue weighted by Crippen LogP contribution is 2.72. The second-order valence-electron chi connectivity index (χ2n) is 21.6. The second-order valence-corrected chi connectivity index (χ2v) is 21.6. The van der Waals surface area contributed by atoms with E-state index >= 15 is 0 Å². The van der Waals surface area contributed by atoms with Gasteiger partial charge in [0.05, 0.1) is 37.6 Å². The standard InChI is InChI=1S/C47H67N5O7/c1-30-37(34-17-18-36(48-38(34)40(55)58-42(3,4)5)51-20-19-32-15-14-16-33(39(53)54)35(32)23-51)31(2)52(13,50(30)12)46-25-44(9)24-45(10,26-46)28-47(27-44,29-46)57-22-21-49(11)41(56)59-43(6,7)8/h14-18,31H,19-29H2,1-13H3/p+1. The highest BCUT2D eigenvalue weighted by atomic mass is 16.6. The number of hydrogen-bond acceptors (Lipinski definition) is 9. The van der Waals surface area contributed by atoms with E-state index < -0.39 is 23.1 Å². The van der Waals surface area contributed by atoms with Gasteiger partial charge in [-0.25, -0.2) is 29.0 Å². The Morgan fingerprint density at radius 3 is 2.20 bits per heavy atom. The predicted octanol–water partition coefficient (Wildman–Crippen LogP) is 8.48. The highest BCUT2D eigenvalue weighted by molar-refractivity contribution is 5.95. The van der Waals surface area contributed by atoms with Crippen molar-refractivity contribution in [2.45, 2.75) is 149 Å². The zero-order valence-electron chi connectivity index (χ0n) is 37.9. The van der Waals surface area contributed by atoms with Crippen molar-refractivity contribution in [3.05, 3.63) is 64.0 Å². The number of esters is 1. The van der Waals surface area contributed by atoms with Crippen LogP contribution >= 0.6 is 0 Å². The predicted molar refractivity (Wildman–Crippen MR) is 228 cm³/mol. The second kappa shape index (κ2) is 14.2. The summed E-state index contributed by atoms with van der Waals surface area (Å²) >= 11 is 0. The Hall–Kier alpha value is -4.16. The Kier molecular flexibility index (Phi) is 10.3. The van der Waals surface area contributed by atoms with Crippen molar-refractivity contribution >= 4 is 29.4 Å². The lowest BCUT2D eigenvalue weighted by atomic mass is 9.40. The molecule has 0 spiro atoms. The molecule has 4 unspecified atom stereocenters. The summed E-state index contributed by atoms with van der Waals surface area (Å²) in [5.41, 5.74) is 3.69. The van der Waals surface area contributed by atoms with Crippen molar-refractivity contribution in [3.8, 4) is 0 Å². The maximum absolute atomic E-state index is 14.3. The van der Waals surface area contributed by atoms with Crippen molar-refractivity contribution in [1.29, 1.82) is 0 Å². The van der Waals surface area contributed by atoms with Gasteiger partial charge in [-0.15, -0.1) is 0 Å². The molecule has 4 bridgehead atoms. The first-order valence-corrected chi connectivity index (χ1v) is 21.5. The van der Waals surface area contributed by atoms with E-state index in [-0.39, 0.29) is 39.8 Å². The van der Waals surface area contributed by atoms with Crippen LogP contribution in [0.2, 0.25) is 0 Å². The summed E-state index contributed by atoms with van der Waals surface area (Å²) in [6, 6.07) is 9.43. The number of amides is 1. The Balaban J connectivity index is 1.22. The lowest BCUT2D eigenvalue weighted by Crippen LogP contribution is -2.79. The van der Waals surface area contributed by atoms with Crippen molar-refractivity contribution in [2.24, 2.45) is 10.8 Å². The Morgan fingerprint density at radius 2 is 1.59 bits per heavy atom. The summed E-state index contributed by atoms with van der Waals surface area (Å²) in [5.74, 6) is -0.809. The number of aromatic carboxylic acids is 1. The first-order valence-electron chi connectivity index (χ1n) is 21.5. The third kappa shape index (κ3) is 7.62. The molecule has 12 nitrogen and oxygen atoms in total. The lowest BCUT2D eigenvalue weighted by molar-refractivity contribution is -1.06. The van der Waals surface area contributed by atoms with Crippen LogP contribution < -0.4 is 4.90 Å². The van der Waals surface area contributed by atoms with Gasteiger partial charge in [0.2, 0.25) is 0 Å². The molecule has 0 saturated heterocycles. The third-order valence-corrected chi connectivity index (χ3v) is 14.3. The molecular formula is C47H68N5O7+. The Labute approximate surface area is 351 Å². The van der Waals surface area contributed by atoms with Crippen LogP contribution in [-0.4, -0.2) is 112 Å². The van der Waals surface area contributed by atoms with Crippen molar-refractivity contribution in [1.82, 2.24) is 14.9 Å². The summed E-state index contributed by atoms with van der Waals surface area (Å²) in [5, 5.41) is 12.4. The van der Waals surface area contributed by atoms with E-state index in [9.17, 15) is 19.5 Å². The average molecular weight is 815 g/mol. The highest BCUT2D eigenvalue weighted by Gasteiger charge is 2.74. The van der Waals surface area contributed by atoms with Crippen LogP contribution in [0.5, 0.6) is 0 Å². The fourth-order valence-electron chi connectivity index (χ4n) is 12.7. The van der Waals surface area contributed by atoms with E-state index in [0.717, 1.165) is 66.5 Å². The van der Waals surface area contributed by atoms with Gasteiger partial charge in [0.15, 0.2) is 5.69 Å². The molecule has 1 amide bonds. The summed E-state index contributed by atoms with van der Waals surface area (Å²) in [6.07, 6.45) is 6.51. The Morgan fingerprint density at radius 1 is 0.949 bits per heavy atom. The smallest absolute Gasteiger partial charge is 0.410 e. The number of carboxylic acids is 1. The molecule has 1 aromatic heterocycles. The molecule has 1 N–H and O–H groups in total. The molecule has 322 valence electrons. The van der Waals surface area contributed by atoms with Gasteiger partial charge < -0.3 is 29.1 Å². The van der Waals surface area contributed by atoms with E-state index in [4.69, 9.17) is 19.2 Å². The lowest BCUT2D eigenvalue weighted by Gasteiger charge is -2.72. The number of carbonyl (C=O) groups excluding carboxylic acids is 2. The monoisotopic (exact) mass is 815 g/mol. The van der Waals surface area contributed by atoms with Crippen LogP contribution in [-0.2, 0) is 27.2 Å². The first kappa shape index (κ1) is 42.9. The fraction of sp³-hybridized carbons (Fsp3) is 0.660. The molecule has 0 radical (unpaired) electrons. The molecule has 4 fully saturated rings. The number of likely N-dealkylation sites (N-methyl/N-ethyl adjacent to an activating group) is 2. The number of allylic oxidation sites excluding steroid dienone is 1. The average Bonchev–Trinajstić information content (AvgIpc) is 3.27. The molecule has 3 heterocycles. The van der Waals surface area contributed by atoms with E-state index in [1.165, 1.54) is 0 Å².